The predicted octanol–water partition coefficient (Wildman–Crippen LogP) is 2.96. The summed E-state index contributed by atoms with van der Waals surface area (Å²) in [5.41, 5.74) is -1.25. The van der Waals surface area contributed by atoms with Crippen molar-refractivity contribution < 1.29 is 31.1 Å². The zero-order valence-electron chi connectivity index (χ0n) is 15.6. The standard InChI is InChI=1S/C19H24F3NO4S/c1-23-17(24)13-9-12(11-5-6-11)15(16(14(13)20)28(25)26)27-10-19(18(21)22)7-3-2-4-8-19/h9,11,14,18H,2-8,10H2,1H3,(H,23,24). The van der Waals surface area contributed by atoms with E-state index in [4.69, 9.17) is 4.74 Å². The van der Waals surface area contributed by atoms with Crippen LogP contribution in [-0.4, -0.2) is 45.4 Å². The van der Waals surface area contributed by atoms with E-state index in [1.165, 1.54) is 13.1 Å². The Hall–Kier alpha value is -1.77. The molecule has 1 N–H and O–H groups in total. The van der Waals surface area contributed by atoms with E-state index in [9.17, 15) is 26.4 Å². The maximum absolute atomic E-state index is 14.9. The quantitative estimate of drug-likeness (QED) is 0.672. The molecule has 28 heavy (non-hydrogen) atoms. The van der Waals surface area contributed by atoms with Gasteiger partial charge in [0.25, 0.3) is 0 Å². The van der Waals surface area contributed by atoms with Gasteiger partial charge < -0.3 is 10.1 Å². The first-order chi connectivity index (χ1) is 13.3. The van der Waals surface area contributed by atoms with Crippen molar-refractivity contribution in [1.82, 2.24) is 5.32 Å². The van der Waals surface area contributed by atoms with Crippen LogP contribution in [0.2, 0.25) is 0 Å². The lowest BCUT2D eigenvalue weighted by Gasteiger charge is -2.37. The predicted molar refractivity (Wildman–Crippen MR) is 98.2 cm³/mol. The highest BCUT2D eigenvalue weighted by molar-refractivity contribution is 7.73. The summed E-state index contributed by atoms with van der Waals surface area (Å²) < 4.78 is 71.7. The number of hydrogen-bond donors (Lipinski definition) is 1. The number of hydrogen-bond acceptors (Lipinski definition) is 4. The second-order valence-electron chi connectivity index (χ2n) is 7.71. The van der Waals surface area contributed by atoms with Crippen molar-refractivity contribution >= 4 is 21.1 Å². The molecule has 0 aliphatic heterocycles. The van der Waals surface area contributed by atoms with Crippen molar-refractivity contribution in [2.24, 2.45) is 11.3 Å². The van der Waals surface area contributed by atoms with Gasteiger partial charge in [-0.2, -0.15) is 8.42 Å². The van der Waals surface area contributed by atoms with Gasteiger partial charge in [-0.05, 0) is 43.3 Å². The van der Waals surface area contributed by atoms with Crippen LogP contribution in [0.3, 0.4) is 0 Å². The van der Waals surface area contributed by atoms with Crippen molar-refractivity contribution in [2.45, 2.75) is 57.5 Å². The van der Waals surface area contributed by atoms with Crippen molar-refractivity contribution in [1.29, 1.82) is 0 Å². The molecule has 1 amide bonds. The second kappa shape index (κ2) is 8.31. The van der Waals surface area contributed by atoms with Crippen LogP contribution >= 0.6 is 0 Å². The SMILES string of the molecule is CNC(=O)C1=CC(C2CC2)=C(OCC2(C(F)F)CCCCC2)C(=S(=O)=O)C1F. The molecular weight excluding hydrogens is 395 g/mol. The van der Waals surface area contributed by atoms with Gasteiger partial charge in [0.1, 0.15) is 5.76 Å². The third kappa shape index (κ3) is 3.99. The van der Waals surface area contributed by atoms with Crippen molar-refractivity contribution in [3.05, 3.63) is 23.0 Å². The fraction of sp³-hybridized carbons (Fsp3) is 0.684. The Morgan fingerprint density at radius 2 is 1.93 bits per heavy atom. The average molecular weight is 419 g/mol. The van der Waals surface area contributed by atoms with E-state index in [0.717, 1.165) is 19.3 Å². The lowest BCUT2D eigenvalue weighted by Crippen LogP contribution is -2.39. The molecule has 156 valence electrons. The molecule has 3 aliphatic rings. The van der Waals surface area contributed by atoms with Crippen LogP contribution in [0.25, 0.3) is 0 Å². The van der Waals surface area contributed by atoms with Gasteiger partial charge >= 0.3 is 0 Å². The summed E-state index contributed by atoms with van der Waals surface area (Å²) in [6.45, 7) is -0.368. The number of amides is 1. The number of halogens is 3. The maximum atomic E-state index is 14.9. The van der Waals surface area contributed by atoms with E-state index < -0.39 is 39.1 Å². The zero-order chi connectivity index (χ0) is 20.5. The minimum Gasteiger partial charge on any atom is -0.491 e. The molecule has 5 nitrogen and oxygen atoms in total. The largest absolute Gasteiger partial charge is 0.491 e. The van der Waals surface area contributed by atoms with Crippen LogP contribution in [0.4, 0.5) is 13.2 Å². The van der Waals surface area contributed by atoms with Crippen molar-refractivity contribution in [2.75, 3.05) is 13.7 Å². The highest BCUT2D eigenvalue weighted by Gasteiger charge is 2.45. The van der Waals surface area contributed by atoms with E-state index in [-0.39, 0.29) is 36.7 Å². The van der Waals surface area contributed by atoms with Gasteiger partial charge in [0.15, 0.2) is 11.0 Å². The molecule has 0 radical (unpaired) electrons. The van der Waals surface area contributed by atoms with Crippen LogP contribution in [0.15, 0.2) is 23.0 Å². The molecule has 1 unspecified atom stereocenters. The second-order valence-corrected chi connectivity index (χ2v) is 8.62. The van der Waals surface area contributed by atoms with Gasteiger partial charge in [-0.15, -0.1) is 0 Å². The van der Waals surface area contributed by atoms with E-state index in [0.29, 0.717) is 18.4 Å². The van der Waals surface area contributed by atoms with Crippen LogP contribution in [0, 0.1) is 11.3 Å². The molecule has 3 aliphatic carbocycles. The van der Waals surface area contributed by atoms with Crippen LogP contribution in [-0.2, 0) is 19.8 Å². The summed E-state index contributed by atoms with van der Waals surface area (Å²) in [6.07, 6.45) is 0.753. The molecule has 1 atom stereocenters. The minimum absolute atomic E-state index is 0.0606. The summed E-state index contributed by atoms with van der Waals surface area (Å²) in [4.78, 5) is 11.3. The Bertz CT molecular complexity index is 829. The van der Waals surface area contributed by atoms with E-state index in [1.54, 1.807) is 0 Å². The average Bonchev–Trinajstić information content (AvgIpc) is 3.51. The fourth-order valence-electron chi connectivity index (χ4n) is 3.94. The molecular formula is C19H24F3NO4S. The number of nitrogens with one attached hydrogen (secondary N) is 1. The number of allylic oxidation sites excluding steroid dienone is 3. The molecule has 0 aromatic rings. The van der Waals surface area contributed by atoms with Gasteiger partial charge in [-0.25, -0.2) is 13.2 Å². The number of ether oxygens (including phenoxy) is 1. The Balaban J connectivity index is 2.00. The van der Waals surface area contributed by atoms with E-state index in [2.05, 4.69) is 5.32 Å². The van der Waals surface area contributed by atoms with Gasteiger partial charge in [0.05, 0.1) is 17.6 Å². The molecule has 0 aromatic carbocycles. The number of carbonyl (C=O) groups excluding carboxylic acids is 1. The van der Waals surface area contributed by atoms with Crippen molar-refractivity contribution in [3.63, 3.8) is 0 Å². The van der Waals surface area contributed by atoms with Gasteiger partial charge in [-0.1, -0.05) is 19.3 Å². The summed E-state index contributed by atoms with van der Waals surface area (Å²) >= 11 is 0. The van der Waals surface area contributed by atoms with Crippen LogP contribution in [0.1, 0.15) is 44.9 Å². The number of alkyl halides is 3. The molecule has 0 heterocycles. The molecule has 2 saturated carbocycles. The minimum atomic E-state index is -2.99. The van der Waals surface area contributed by atoms with Crippen LogP contribution in [0.5, 0.6) is 0 Å². The van der Waals surface area contributed by atoms with Gasteiger partial charge in [0, 0.05) is 7.05 Å². The van der Waals surface area contributed by atoms with Gasteiger partial charge in [0.2, 0.25) is 22.6 Å². The number of rotatable bonds is 6. The first kappa shape index (κ1) is 21.0. The monoisotopic (exact) mass is 419 g/mol. The fourth-order valence-corrected chi connectivity index (χ4v) is 4.56. The first-order valence-electron chi connectivity index (χ1n) is 9.50. The summed E-state index contributed by atoms with van der Waals surface area (Å²) in [6, 6.07) is 0. The molecule has 0 spiro atoms. The Morgan fingerprint density at radius 1 is 1.29 bits per heavy atom. The van der Waals surface area contributed by atoms with Crippen LogP contribution < -0.4 is 5.32 Å². The molecule has 0 bridgehead atoms. The smallest absolute Gasteiger partial charge is 0.250 e. The summed E-state index contributed by atoms with van der Waals surface area (Å²) in [5, 5.41) is 2.30. The Morgan fingerprint density at radius 3 is 2.43 bits per heavy atom. The van der Waals surface area contributed by atoms with E-state index in [1.807, 2.05) is 0 Å². The molecule has 9 heteroatoms. The lowest BCUT2D eigenvalue weighted by molar-refractivity contribution is -0.117. The topological polar surface area (TPSA) is 72.5 Å². The first-order valence-corrected chi connectivity index (χ1v) is 10.6. The summed E-state index contributed by atoms with van der Waals surface area (Å²) in [5.74, 6) is -0.972. The Labute approximate surface area is 163 Å². The van der Waals surface area contributed by atoms with E-state index >= 15 is 0 Å². The number of carbonyl (C=O) groups is 1. The van der Waals surface area contributed by atoms with Crippen molar-refractivity contribution in [3.8, 4) is 0 Å². The number of likely N-dealkylation sites (N-methyl/N-ethyl adjacent to an activating group) is 1. The molecule has 0 saturated heterocycles. The zero-order valence-corrected chi connectivity index (χ0v) is 16.5. The maximum Gasteiger partial charge on any atom is 0.250 e. The normalized spacial score (nSPS) is 24.8. The highest BCUT2D eigenvalue weighted by atomic mass is 32.2. The molecule has 0 aromatic heterocycles. The summed E-state index contributed by atoms with van der Waals surface area (Å²) in [7, 11) is -1.67. The highest BCUT2D eigenvalue weighted by Crippen LogP contribution is 2.45. The van der Waals surface area contributed by atoms with Gasteiger partial charge in [-0.3, -0.25) is 4.79 Å². The Kier molecular flexibility index (Phi) is 6.21. The molecule has 2 fully saturated rings. The third-order valence-corrected chi connectivity index (χ3v) is 6.55. The molecule has 3 rings (SSSR count). The lowest BCUT2D eigenvalue weighted by atomic mass is 9.75. The third-order valence-electron chi connectivity index (χ3n) is 5.80.